The lowest BCUT2D eigenvalue weighted by Crippen LogP contribution is -2.02. The minimum absolute atomic E-state index is 0.0109. The van der Waals surface area contributed by atoms with Crippen LogP contribution in [-0.2, 0) is 0 Å². The molecule has 0 aliphatic carbocycles. The predicted octanol–water partition coefficient (Wildman–Crippen LogP) is 2.90. The van der Waals surface area contributed by atoms with Gasteiger partial charge >= 0.3 is 0 Å². The number of allylic oxidation sites excluding steroid dienone is 1. The number of nitrogens with one attached hydrogen (secondary N) is 1. The number of para-hydroxylation sites is 1. The van der Waals surface area contributed by atoms with E-state index in [-0.39, 0.29) is 12.5 Å². The number of hydrogen-bond acceptors (Lipinski definition) is 6. The van der Waals surface area contributed by atoms with Crippen molar-refractivity contribution in [1.82, 2.24) is 4.98 Å². The molecule has 0 atom stereocenters. The number of hydrogen-bond donors (Lipinski definition) is 3. The van der Waals surface area contributed by atoms with E-state index in [1.165, 1.54) is 11.3 Å². The third kappa shape index (κ3) is 2.96. The van der Waals surface area contributed by atoms with E-state index in [1.807, 2.05) is 30.3 Å². The maximum absolute atomic E-state index is 9.92. The normalized spacial score (nSPS) is 14.6. The number of rotatable bonds is 5. The van der Waals surface area contributed by atoms with E-state index in [2.05, 4.69) is 15.3 Å². The Bertz CT molecular complexity index is 707. The van der Waals surface area contributed by atoms with Gasteiger partial charge in [-0.3, -0.25) is 4.99 Å². The number of anilines is 1. The van der Waals surface area contributed by atoms with Gasteiger partial charge in [-0.15, -0.1) is 0 Å². The summed E-state index contributed by atoms with van der Waals surface area (Å²) >= 11 is 1.38. The van der Waals surface area contributed by atoms with E-state index in [0.717, 1.165) is 16.8 Å². The fourth-order valence-electron chi connectivity index (χ4n) is 2.06. The van der Waals surface area contributed by atoms with E-state index in [1.54, 1.807) is 6.21 Å². The lowest BCUT2D eigenvalue weighted by molar-refractivity contribution is 0.292. The summed E-state index contributed by atoms with van der Waals surface area (Å²) in [6.07, 6.45) is 4.33. The van der Waals surface area contributed by atoms with Crippen molar-refractivity contribution in [1.29, 1.82) is 0 Å². The molecule has 1 aromatic carbocycles. The molecule has 2 aromatic rings. The van der Waals surface area contributed by atoms with Crippen LogP contribution < -0.4 is 5.32 Å². The first-order valence-corrected chi connectivity index (χ1v) is 7.49. The number of aliphatic imine (C=N–C) groups is 1. The largest absolute Gasteiger partial charge is 0.492 e. The van der Waals surface area contributed by atoms with Gasteiger partial charge < -0.3 is 15.5 Å². The van der Waals surface area contributed by atoms with Crippen molar-refractivity contribution in [2.75, 3.05) is 18.5 Å². The number of aromatic hydroxyl groups is 1. The smallest absolute Gasteiger partial charge is 0.231 e. The molecule has 0 unspecified atom stereocenters. The molecule has 0 spiro atoms. The van der Waals surface area contributed by atoms with Gasteiger partial charge in [0.2, 0.25) is 5.88 Å². The van der Waals surface area contributed by atoms with Crippen LogP contribution in [-0.4, -0.2) is 34.6 Å². The van der Waals surface area contributed by atoms with E-state index in [4.69, 9.17) is 5.11 Å². The lowest BCUT2D eigenvalue weighted by Gasteiger charge is -1.98. The average Bonchev–Trinajstić information content (AvgIpc) is 3.05. The molecule has 0 fully saturated rings. The van der Waals surface area contributed by atoms with Gasteiger partial charge in [-0.1, -0.05) is 29.5 Å². The van der Waals surface area contributed by atoms with Crippen LogP contribution in [0.4, 0.5) is 10.8 Å². The number of aliphatic hydroxyl groups excluding tert-OH is 1. The molecule has 21 heavy (non-hydrogen) atoms. The second-order valence-corrected chi connectivity index (χ2v) is 5.62. The first-order valence-electron chi connectivity index (χ1n) is 6.67. The highest BCUT2D eigenvalue weighted by Crippen LogP contribution is 2.36. The molecule has 0 saturated heterocycles. The maximum atomic E-state index is 9.92. The van der Waals surface area contributed by atoms with Crippen molar-refractivity contribution in [3.05, 3.63) is 34.7 Å². The summed E-state index contributed by atoms with van der Waals surface area (Å²) in [7, 11) is 0. The quantitative estimate of drug-likeness (QED) is 0.742. The van der Waals surface area contributed by atoms with Crippen molar-refractivity contribution in [2.24, 2.45) is 4.99 Å². The predicted molar refractivity (Wildman–Crippen MR) is 86.4 cm³/mol. The van der Waals surface area contributed by atoms with Crippen molar-refractivity contribution in [2.45, 2.75) is 6.42 Å². The van der Waals surface area contributed by atoms with Gasteiger partial charge in [0.15, 0.2) is 5.13 Å². The highest BCUT2D eigenvalue weighted by atomic mass is 32.1. The molecule has 1 aliphatic heterocycles. The summed E-state index contributed by atoms with van der Waals surface area (Å²) in [5.41, 5.74) is 2.96. The Labute approximate surface area is 126 Å². The second kappa shape index (κ2) is 6.07. The van der Waals surface area contributed by atoms with Crippen LogP contribution in [0.2, 0.25) is 0 Å². The van der Waals surface area contributed by atoms with Gasteiger partial charge in [0.05, 0.1) is 10.6 Å². The zero-order valence-electron chi connectivity index (χ0n) is 11.3. The van der Waals surface area contributed by atoms with Crippen molar-refractivity contribution in [3.8, 4) is 5.88 Å². The minimum atomic E-state index is 0.0109. The van der Waals surface area contributed by atoms with Crippen LogP contribution >= 0.6 is 11.3 Å². The Kier molecular flexibility index (Phi) is 3.98. The molecule has 1 aromatic heterocycles. The number of aliphatic hydroxyl groups is 1. The van der Waals surface area contributed by atoms with E-state index >= 15 is 0 Å². The number of thiazole rings is 1. The molecule has 0 amide bonds. The van der Waals surface area contributed by atoms with Gasteiger partial charge in [-0.2, -0.15) is 4.98 Å². The highest BCUT2D eigenvalue weighted by Gasteiger charge is 2.14. The Morgan fingerprint density at radius 3 is 3.00 bits per heavy atom. The Hall–Kier alpha value is -2.18. The summed E-state index contributed by atoms with van der Waals surface area (Å²) in [5, 5.41) is 22.4. The summed E-state index contributed by atoms with van der Waals surface area (Å²) in [6.45, 7) is 0.762. The summed E-state index contributed by atoms with van der Waals surface area (Å²) in [4.78, 5) is 9.11. The first-order chi connectivity index (χ1) is 10.3. The summed E-state index contributed by atoms with van der Waals surface area (Å²) < 4.78 is 0. The average molecular weight is 301 g/mol. The van der Waals surface area contributed by atoms with Gasteiger partial charge in [-0.25, -0.2) is 0 Å². The van der Waals surface area contributed by atoms with E-state index < -0.39 is 0 Å². The Balaban J connectivity index is 1.82. The molecule has 3 rings (SSSR count). The molecular formula is C15H15N3O2S. The van der Waals surface area contributed by atoms with Crippen LogP contribution in [0, 0.1) is 0 Å². The van der Waals surface area contributed by atoms with Crippen LogP contribution in [0.15, 0.2) is 29.3 Å². The molecule has 0 bridgehead atoms. The van der Waals surface area contributed by atoms with Crippen LogP contribution in [0.3, 0.4) is 0 Å². The Morgan fingerprint density at radius 2 is 2.14 bits per heavy atom. The molecule has 108 valence electrons. The highest BCUT2D eigenvalue weighted by molar-refractivity contribution is 7.16. The number of aromatic nitrogens is 1. The summed E-state index contributed by atoms with van der Waals surface area (Å²) in [6, 6.07) is 7.88. The van der Waals surface area contributed by atoms with Crippen molar-refractivity contribution in [3.63, 3.8) is 0 Å². The monoisotopic (exact) mass is 301 g/mol. The van der Waals surface area contributed by atoms with Crippen LogP contribution in [0.25, 0.3) is 11.6 Å². The van der Waals surface area contributed by atoms with Gasteiger partial charge in [0, 0.05) is 30.5 Å². The van der Waals surface area contributed by atoms with Crippen LogP contribution in [0.1, 0.15) is 16.9 Å². The first kappa shape index (κ1) is 13.8. The SMILES string of the molecule is OCCCNc1nc(O)c(/C=C2\C=Nc3ccccc32)s1. The molecule has 2 heterocycles. The molecule has 0 saturated carbocycles. The third-order valence-corrected chi connectivity index (χ3v) is 4.04. The van der Waals surface area contributed by atoms with E-state index in [0.29, 0.717) is 23.0 Å². The molecule has 3 N–H and O–H groups in total. The third-order valence-electron chi connectivity index (χ3n) is 3.09. The summed E-state index contributed by atoms with van der Waals surface area (Å²) in [5.74, 6) is 0.0109. The van der Waals surface area contributed by atoms with Gasteiger partial charge in [0.25, 0.3) is 0 Å². The number of nitrogens with zero attached hydrogens (tertiary/aromatic N) is 2. The zero-order valence-corrected chi connectivity index (χ0v) is 12.1. The molecule has 6 heteroatoms. The minimum Gasteiger partial charge on any atom is -0.492 e. The molecule has 5 nitrogen and oxygen atoms in total. The maximum Gasteiger partial charge on any atom is 0.231 e. The van der Waals surface area contributed by atoms with Gasteiger partial charge in [0.1, 0.15) is 0 Å². The second-order valence-electron chi connectivity index (χ2n) is 4.59. The zero-order chi connectivity index (χ0) is 14.7. The van der Waals surface area contributed by atoms with Crippen molar-refractivity contribution >= 4 is 40.0 Å². The standard InChI is InChI=1S/C15H15N3O2S/c19-7-3-6-16-15-18-14(20)13(21-15)8-10-9-17-12-5-2-1-4-11(10)12/h1-2,4-5,8-9,19-20H,3,6-7H2,(H,16,18)/b10-8+. The molecular weight excluding hydrogens is 286 g/mol. The van der Waals surface area contributed by atoms with Crippen LogP contribution in [0.5, 0.6) is 5.88 Å². The fraction of sp³-hybridized carbons (Fsp3) is 0.200. The molecule has 1 aliphatic rings. The van der Waals surface area contributed by atoms with E-state index in [9.17, 15) is 5.11 Å². The van der Waals surface area contributed by atoms with Gasteiger partial charge in [-0.05, 0) is 18.6 Å². The topological polar surface area (TPSA) is 77.7 Å². The Morgan fingerprint density at radius 1 is 1.29 bits per heavy atom. The molecule has 0 radical (unpaired) electrons. The fourth-order valence-corrected chi connectivity index (χ4v) is 2.90. The lowest BCUT2D eigenvalue weighted by atomic mass is 10.1. The number of fused-ring (bicyclic) bond motifs is 1. The number of benzene rings is 1. The van der Waals surface area contributed by atoms with Crippen molar-refractivity contribution < 1.29 is 10.2 Å².